The highest BCUT2D eigenvalue weighted by Gasteiger charge is 2.04. The molecular formula is C8H7N3O2. The summed E-state index contributed by atoms with van der Waals surface area (Å²) in [6.45, 7) is 0. The number of hydrogen-bond donors (Lipinski definition) is 3. The van der Waals surface area contributed by atoms with E-state index in [1.165, 1.54) is 0 Å². The number of hydrogen-bond acceptors (Lipinski definition) is 3. The highest BCUT2D eigenvalue weighted by Crippen LogP contribution is 2.11. The summed E-state index contributed by atoms with van der Waals surface area (Å²) in [5, 5.41) is 4.98. The van der Waals surface area contributed by atoms with Crippen molar-refractivity contribution in [3.63, 3.8) is 0 Å². The molecule has 5 nitrogen and oxygen atoms in total. The molecule has 1 aromatic carbocycles. The number of fused-ring (bicyclic) bond motifs is 1. The standard InChI is InChI=1S/C8H7N3O2/c9-5-3-1-2-4-6(5)8(13)11-10-7(4)12/h1-3H,9H2,(H,10,12)(H,11,13)/i10+1,11+1. The van der Waals surface area contributed by atoms with E-state index in [-0.39, 0.29) is 16.5 Å². The number of nitrogens with two attached hydrogens (primary N) is 1. The molecule has 66 valence electrons. The number of benzene rings is 1. The maximum Gasteiger partial charge on any atom is 0.272 e. The van der Waals surface area contributed by atoms with Gasteiger partial charge in [-0.1, -0.05) is 6.07 Å². The minimum absolute atomic E-state index is 0.242. The van der Waals surface area contributed by atoms with Crippen LogP contribution in [-0.2, 0) is 0 Å². The van der Waals surface area contributed by atoms with E-state index in [4.69, 9.17) is 5.73 Å². The van der Waals surface area contributed by atoms with Crippen molar-refractivity contribution in [2.24, 2.45) is 0 Å². The summed E-state index contributed by atoms with van der Waals surface area (Å²) in [5.41, 5.74) is 5.14. The van der Waals surface area contributed by atoms with E-state index in [1.807, 2.05) is 0 Å². The smallest absolute Gasteiger partial charge is 0.272 e. The Morgan fingerprint density at radius 3 is 2.46 bits per heavy atom. The Labute approximate surface area is 72.2 Å². The van der Waals surface area contributed by atoms with Crippen molar-refractivity contribution in [1.29, 1.82) is 0 Å². The number of nitrogen functional groups attached to an aromatic ring is 1. The van der Waals surface area contributed by atoms with Gasteiger partial charge >= 0.3 is 0 Å². The Kier molecular flexibility index (Phi) is 1.45. The number of H-pyrrole nitrogens is 2. The van der Waals surface area contributed by atoms with Gasteiger partial charge in [-0.2, -0.15) is 0 Å². The number of aromatic amines is 2. The van der Waals surface area contributed by atoms with Gasteiger partial charge < -0.3 is 5.73 Å². The van der Waals surface area contributed by atoms with Crippen molar-refractivity contribution in [3.8, 4) is 0 Å². The molecule has 0 aliphatic heterocycles. The first kappa shape index (κ1) is 7.60. The zero-order valence-electron chi connectivity index (χ0n) is 6.63. The van der Waals surface area contributed by atoms with Gasteiger partial charge in [0.2, 0.25) is 0 Å². The summed E-state index contributed by atoms with van der Waals surface area (Å²) < 4.78 is 0. The van der Waals surface area contributed by atoms with E-state index in [2.05, 4.69) is 10.2 Å². The zero-order chi connectivity index (χ0) is 9.42. The molecule has 5 heteroatoms. The number of nitrogens with one attached hydrogen (secondary N) is 2. The Morgan fingerprint density at radius 2 is 1.77 bits per heavy atom. The van der Waals surface area contributed by atoms with Crippen LogP contribution in [0.3, 0.4) is 0 Å². The highest BCUT2D eigenvalue weighted by molar-refractivity contribution is 5.91. The van der Waals surface area contributed by atoms with E-state index in [9.17, 15) is 9.59 Å². The summed E-state index contributed by atoms with van der Waals surface area (Å²) in [7, 11) is 0. The third kappa shape index (κ3) is 1.01. The van der Waals surface area contributed by atoms with Crippen LogP contribution in [0.4, 0.5) is 5.69 Å². The normalized spacial score (nSPS) is 10.5. The summed E-state index contributed by atoms with van der Waals surface area (Å²) in [6, 6.07) is 4.77. The fourth-order valence-corrected chi connectivity index (χ4v) is 1.26. The quantitative estimate of drug-likeness (QED) is 0.489. The van der Waals surface area contributed by atoms with Crippen molar-refractivity contribution in [1.82, 2.24) is 10.2 Å². The van der Waals surface area contributed by atoms with Crippen LogP contribution in [0.5, 0.6) is 0 Å². The largest absolute Gasteiger partial charge is 0.398 e. The van der Waals surface area contributed by atoms with Gasteiger partial charge in [-0.05, 0) is 12.1 Å². The Bertz CT molecular complexity index is 567. The fourth-order valence-electron chi connectivity index (χ4n) is 1.26. The molecule has 4 N–H and O–H groups in total. The van der Waals surface area contributed by atoms with Crippen LogP contribution >= 0.6 is 0 Å². The lowest BCUT2D eigenvalue weighted by molar-refractivity contribution is 0.977. The number of aromatic nitrogens is 2. The fraction of sp³-hybridized carbons (Fsp3) is 0. The van der Waals surface area contributed by atoms with Gasteiger partial charge in [-0.15, -0.1) is 0 Å². The first-order valence-corrected chi connectivity index (χ1v) is 3.69. The van der Waals surface area contributed by atoms with E-state index < -0.39 is 0 Å². The third-order valence-corrected chi connectivity index (χ3v) is 1.86. The van der Waals surface area contributed by atoms with E-state index in [0.29, 0.717) is 11.1 Å². The van der Waals surface area contributed by atoms with Crippen molar-refractivity contribution < 1.29 is 0 Å². The van der Waals surface area contributed by atoms with Gasteiger partial charge in [-0.25, -0.2) is 0 Å². The lowest BCUT2D eigenvalue weighted by Crippen LogP contribution is -2.19. The van der Waals surface area contributed by atoms with Gasteiger partial charge in [0, 0.05) is 5.69 Å². The van der Waals surface area contributed by atoms with Crippen LogP contribution in [0.2, 0.25) is 0 Å². The van der Waals surface area contributed by atoms with E-state index in [1.54, 1.807) is 18.2 Å². The second kappa shape index (κ2) is 2.48. The molecule has 2 rings (SSSR count). The van der Waals surface area contributed by atoms with Gasteiger partial charge in [0.25, 0.3) is 11.1 Å². The molecule has 13 heavy (non-hydrogen) atoms. The van der Waals surface area contributed by atoms with Crippen LogP contribution in [-0.4, -0.2) is 10.2 Å². The van der Waals surface area contributed by atoms with Crippen LogP contribution in [0.1, 0.15) is 0 Å². The molecule has 2 aromatic rings. The van der Waals surface area contributed by atoms with Crippen molar-refractivity contribution in [2.75, 3.05) is 5.73 Å². The van der Waals surface area contributed by atoms with Gasteiger partial charge in [0.1, 0.15) is 0 Å². The average Bonchev–Trinajstić information content (AvgIpc) is 2.12. The molecule has 0 bridgehead atoms. The molecule has 0 aliphatic carbocycles. The number of rotatable bonds is 0. The first-order valence-electron chi connectivity index (χ1n) is 3.69. The maximum absolute atomic E-state index is 11.2. The lowest BCUT2D eigenvalue weighted by atomic mass is 10.2. The molecule has 0 atom stereocenters. The van der Waals surface area contributed by atoms with E-state index in [0.717, 1.165) is 0 Å². The predicted octanol–water partition coefficient (Wildman–Crippen LogP) is -0.201. The first-order chi connectivity index (χ1) is 6.20. The lowest BCUT2D eigenvalue weighted by Gasteiger charge is -1.97. The summed E-state index contributed by atoms with van der Waals surface area (Å²) in [5.74, 6) is 0. The molecule has 0 saturated carbocycles. The molecule has 0 amide bonds. The summed E-state index contributed by atoms with van der Waals surface area (Å²) in [4.78, 5) is 22.4. The molecule has 0 unspecified atom stereocenters. The van der Waals surface area contributed by atoms with Crippen LogP contribution < -0.4 is 16.9 Å². The Balaban J connectivity index is 3.19. The maximum atomic E-state index is 11.2. The topological polar surface area (TPSA) is 91.7 Å². The summed E-state index contributed by atoms with van der Waals surface area (Å²) >= 11 is 0. The highest BCUT2D eigenvalue weighted by atomic mass is 16.2. The van der Waals surface area contributed by atoms with Gasteiger partial charge in [0.15, 0.2) is 0 Å². The average molecular weight is 179 g/mol. The van der Waals surface area contributed by atoms with Crippen molar-refractivity contribution >= 4 is 16.5 Å². The second-order valence-electron chi connectivity index (χ2n) is 2.68. The monoisotopic (exact) mass is 179 g/mol. The minimum atomic E-state index is -0.382. The minimum Gasteiger partial charge on any atom is -0.398 e. The zero-order valence-corrected chi connectivity index (χ0v) is 6.63. The SMILES string of the molecule is Nc1cccc2c(=O)[15nH][15nH]c(=O)c12. The molecular weight excluding hydrogens is 172 g/mol. The van der Waals surface area contributed by atoms with Crippen LogP contribution in [0.25, 0.3) is 10.8 Å². The van der Waals surface area contributed by atoms with Gasteiger partial charge in [-0.3, -0.25) is 19.8 Å². The van der Waals surface area contributed by atoms with Crippen molar-refractivity contribution in [3.05, 3.63) is 38.9 Å². The van der Waals surface area contributed by atoms with Crippen LogP contribution in [0.15, 0.2) is 27.8 Å². The number of anilines is 1. The van der Waals surface area contributed by atoms with Crippen LogP contribution in [0, 0.1) is 0 Å². The molecule has 0 spiro atoms. The summed E-state index contributed by atoms with van der Waals surface area (Å²) in [6.07, 6.45) is 0. The third-order valence-electron chi connectivity index (χ3n) is 1.86. The Hall–Kier alpha value is -2.04. The van der Waals surface area contributed by atoms with Gasteiger partial charge in [0.05, 0.1) is 10.8 Å². The Morgan fingerprint density at radius 1 is 1.08 bits per heavy atom. The van der Waals surface area contributed by atoms with E-state index >= 15 is 0 Å². The molecule has 0 radical (unpaired) electrons. The van der Waals surface area contributed by atoms with Crippen molar-refractivity contribution in [2.45, 2.75) is 0 Å². The molecule has 0 saturated heterocycles. The molecule has 1 heterocycles. The molecule has 0 fully saturated rings. The molecule has 0 aliphatic rings. The predicted molar refractivity (Wildman–Crippen MR) is 49.6 cm³/mol. The second-order valence-corrected chi connectivity index (χ2v) is 2.68. The molecule has 1 aromatic heterocycles.